The average molecular weight is 170 g/mol. The van der Waals surface area contributed by atoms with E-state index in [4.69, 9.17) is 15.8 Å². The van der Waals surface area contributed by atoms with E-state index in [0.717, 1.165) is 11.8 Å². The Kier molecular flexibility index (Phi) is 5.30. The van der Waals surface area contributed by atoms with Gasteiger partial charge in [0, 0.05) is 5.71 Å². The van der Waals surface area contributed by atoms with Gasteiger partial charge in [-0.15, -0.1) is 0 Å². The number of nitrogens with zero attached hydrogens (tertiary/aromatic N) is 1. The fraction of sp³-hybridized carbons (Fsp3) is 0.429. The van der Waals surface area contributed by atoms with Crippen molar-refractivity contribution >= 4 is 17.5 Å². The SMILES string of the molecule is CCC(=N)/C=C(\O)CSC#N. The van der Waals surface area contributed by atoms with E-state index in [0.29, 0.717) is 12.1 Å². The van der Waals surface area contributed by atoms with Crippen LogP contribution in [0.4, 0.5) is 0 Å². The molecule has 0 bridgehead atoms. The summed E-state index contributed by atoms with van der Waals surface area (Å²) in [4.78, 5) is 0. The van der Waals surface area contributed by atoms with Crippen molar-refractivity contribution in [3.8, 4) is 5.40 Å². The van der Waals surface area contributed by atoms with Crippen molar-refractivity contribution in [2.24, 2.45) is 0 Å². The molecule has 0 aromatic carbocycles. The number of rotatable bonds is 4. The first-order valence-corrected chi connectivity index (χ1v) is 4.17. The van der Waals surface area contributed by atoms with Crippen LogP contribution in [0.2, 0.25) is 0 Å². The summed E-state index contributed by atoms with van der Waals surface area (Å²) in [7, 11) is 0. The van der Waals surface area contributed by atoms with Crippen molar-refractivity contribution in [3.63, 3.8) is 0 Å². The minimum atomic E-state index is 0.0865. The molecule has 0 heterocycles. The number of aliphatic hydroxyl groups excluding tert-OH is 1. The van der Waals surface area contributed by atoms with Gasteiger partial charge in [0.15, 0.2) is 0 Å². The van der Waals surface area contributed by atoms with Crippen molar-refractivity contribution in [1.82, 2.24) is 0 Å². The lowest BCUT2D eigenvalue weighted by molar-refractivity contribution is 0.418. The molecule has 0 fully saturated rings. The summed E-state index contributed by atoms with van der Waals surface area (Å²) in [6, 6.07) is 0. The number of thioether (sulfide) groups is 1. The second kappa shape index (κ2) is 5.81. The third kappa shape index (κ3) is 5.49. The lowest BCUT2D eigenvalue weighted by Gasteiger charge is -1.94. The Morgan fingerprint density at radius 1 is 1.82 bits per heavy atom. The molecule has 2 N–H and O–H groups in total. The van der Waals surface area contributed by atoms with Gasteiger partial charge in [-0.3, -0.25) is 0 Å². The number of hydrogen-bond donors (Lipinski definition) is 2. The monoisotopic (exact) mass is 170 g/mol. The second-order valence-electron chi connectivity index (χ2n) is 1.89. The lowest BCUT2D eigenvalue weighted by atomic mass is 10.3. The van der Waals surface area contributed by atoms with Crippen LogP contribution in [0, 0.1) is 16.1 Å². The van der Waals surface area contributed by atoms with Crippen LogP contribution in [-0.4, -0.2) is 16.6 Å². The second-order valence-corrected chi connectivity index (χ2v) is 2.65. The van der Waals surface area contributed by atoms with Crippen molar-refractivity contribution in [2.75, 3.05) is 5.75 Å². The quantitative estimate of drug-likeness (QED) is 0.385. The number of aliphatic hydroxyl groups is 1. The number of nitriles is 1. The predicted octanol–water partition coefficient (Wildman–Crippen LogP) is 2.07. The summed E-state index contributed by atoms with van der Waals surface area (Å²) in [5, 5.41) is 26.2. The topological polar surface area (TPSA) is 67.9 Å². The first-order valence-electron chi connectivity index (χ1n) is 3.18. The predicted molar refractivity (Wildman–Crippen MR) is 46.8 cm³/mol. The third-order valence-electron chi connectivity index (χ3n) is 1.01. The van der Waals surface area contributed by atoms with Crippen LogP contribution in [-0.2, 0) is 0 Å². The van der Waals surface area contributed by atoms with E-state index in [1.54, 1.807) is 0 Å². The Balaban J connectivity index is 3.82. The minimum Gasteiger partial charge on any atom is -0.511 e. The standard InChI is InChI=1S/C7H10N2OS/c1-2-6(9)3-7(10)4-11-5-8/h3,9-10H,2,4H2,1H3/b7-3-,9-6?. The van der Waals surface area contributed by atoms with Crippen molar-refractivity contribution < 1.29 is 5.11 Å². The molecule has 0 aromatic heterocycles. The van der Waals surface area contributed by atoms with E-state index in [-0.39, 0.29) is 11.5 Å². The van der Waals surface area contributed by atoms with Crippen molar-refractivity contribution in [3.05, 3.63) is 11.8 Å². The number of nitrogens with one attached hydrogen (secondary N) is 1. The summed E-state index contributed by atoms with van der Waals surface area (Å²) in [6.45, 7) is 1.84. The number of thiocyanates is 1. The maximum atomic E-state index is 9.03. The molecule has 0 amide bonds. The average Bonchev–Trinajstić information content (AvgIpc) is 2.00. The fourth-order valence-electron chi connectivity index (χ4n) is 0.451. The molecule has 0 aliphatic rings. The molecule has 0 saturated carbocycles. The van der Waals surface area contributed by atoms with Crippen molar-refractivity contribution in [1.29, 1.82) is 10.7 Å². The highest BCUT2D eigenvalue weighted by atomic mass is 32.2. The van der Waals surface area contributed by atoms with Crippen LogP contribution < -0.4 is 0 Å². The largest absolute Gasteiger partial charge is 0.511 e. The molecule has 11 heavy (non-hydrogen) atoms. The van der Waals surface area contributed by atoms with E-state index in [1.165, 1.54) is 6.08 Å². The summed E-state index contributed by atoms with van der Waals surface area (Å²) >= 11 is 0.959. The molecule has 0 saturated heterocycles. The molecular formula is C7H10N2OS. The van der Waals surface area contributed by atoms with Gasteiger partial charge in [-0.2, -0.15) is 5.26 Å². The van der Waals surface area contributed by atoms with Gasteiger partial charge in [0.1, 0.15) is 11.2 Å². The zero-order valence-electron chi connectivity index (χ0n) is 6.29. The van der Waals surface area contributed by atoms with Gasteiger partial charge in [-0.1, -0.05) is 6.92 Å². The third-order valence-corrected chi connectivity index (χ3v) is 1.58. The minimum absolute atomic E-state index is 0.0865. The van der Waals surface area contributed by atoms with Crippen molar-refractivity contribution in [2.45, 2.75) is 13.3 Å². The molecule has 0 aromatic rings. The lowest BCUT2D eigenvalue weighted by Crippen LogP contribution is -1.92. The van der Waals surface area contributed by atoms with E-state index in [1.807, 2.05) is 12.3 Å². The zero-order valence-corrected chi connectivity index (χ0v) is 7.11. The molecule has 0 radical (unpaired) electrons. The maximum absolute atomic E-state index is 9.03. The van der Waals surface area contributed by atoms with Gasteiger partial charge in [-0.25, -0.2) is 0 Å². The smallest absolute Gasteiger partial charge is 0.133 e. The molecule has 60 valence electrons. The molecule has 3 nitrogen and oxygen atoms in total. The first-order chi connectivity index (χ1) is 5.20. The summed E-state index contributed by atoms with van der Waals surface area (Å²) in [5.74, 6) is 0.349. The molecular weight excluding hydrogens is 160 g/mol. The van der Waals surface area contributed by atoms with Gasteiger partial charge in [0.2, 0.25) is 0 Å². The summed E-state index contributed by atoms with van der Waals surface area (Å²) in [5.41, 5.74) is 0.376. The van der Waals surface area contributed by atoms with E-state index < -0.39 is 0 Å². The van der Waals surface area contributed by atoms with Gasteiger partial charge in [0.25, 0.3) is 0 Å². The highest BCUT2D eigenvalue weighted by molar-refractivity contribution is 8.03. The number of allylic oxidation sites excluding steroid dienone is 1. The zero-order chi connectivity index (χ0) is 8.69. The molecule has 0 unspecified atom stereocenters. The number of hydrogen-bond acceptors (Lipinski definition) is 4. The Labute approximate surface area is 70.2 Å². The van der Waals surface area contributed by atoms with Crippen LogP contribution in [0.15, 0.2) is 11.8 Å². The van der Waals surface area contributed by atoms with Crippen LogP contribution in [0.3, 0.4) is 0 Å². The Morgan fingerprint density at radius 2 is 2.45 bits per heavy atom. The van der Waals surface area contributed by atoms with E-state index >= 15 is 0 Å². The fourth-order valence-corrected chi connectivity index (χ4v) is 0.747. The highest BCUT2D eigenvalue weighted by Crippen LogP contribution is 2.03. The van der Waals surface area contributed by atoms with Crippen LogP contribution >= 0.6 is 11.8 Å². The molecule has 0 spiro atoms. The van der Waals surface area contributed by atoms with Gasteiger partial charge < -0.3 is 10.5 Å². The van der Waals surface area contributed by atoms with E-state index in [9.17, 15) is 0 Å². The van der Waals surface area contributed by atoms with E-state index in [2.05, 4.69) is 0 Å². The highest BCUT2D eigenvalue weighted by Gasteiger charge is 1.94. The Morgan fingerprint density at radius 3 is 2.91 bits per heavy atom. The van der Waals surface area contributed by atoms with Gasteiger partial charge >= 0.3 is 0 Å². The van der Waals surface area contributed by atoms with Crippen LogP contribution in [0.25, 0.3) is 0 Å². The summed E-state index contributed by atoms with van der Waals surface area (Å²) in [6.07, 6.45) is 1.98. The maximum Gasteiger partial charge on any atom is 0.133 e. The van der Waals surface area contributed by atoms with Gasteiger partial charge in [0.05, 0.1) is 5.75 Å². The Bertz CT molecular complexity index is 205. The van der Waals surface area contributed by atoms with Crippen LogP contribution in [0.5, 0.6) is 0 Å². The molecule has 0 aliphatic carbocycles. The Hall–Kier alpha value is -0.950. The first kappa shape index (κ1) is 10.0. The van der Waals surface area contributed by atoms with Crippen LogP contribution in [0.1, 0.15) is 13.3 Å². The normalized spacial score (nSPS) is 10.7. The molecule has 0 aliphatic heterocycles. The molecule has 4 heteroatoms. The summed E-state index contributed by atoms with van der Waals surface area (Å²) < 4.78 is 0. The molecule has 0 rings (SSSR count). The molecule has 0 atom stereocenters. The van der Waals surface area contributed by atoms with Gasteiger partial charge in [-0.05, 0) is 24.3 Å².